The molecule has 0 aromatic heterocycles. The second-order valence-electron chi connectivity index (χ2n) is 5.44. The highest BCUT2D eigenvalue weighted by molar-refractivity contribution is 6.00. The number of benzene rings is 1. The van der Waals surface area contributed by atoms with Gasteiger partial charge in [0, 0.05) is 25.3 Å². The van der Waals surface area contributed by atoms with Crippen molar-refractivity contribution in [3.05, 3.63) is 34.4 Å². The van der Waals surface area contributed by atoms with E-state index in [9.17, 15) is 4.79 Å². The van der Waals surface area contributed by atoms with Crippen LogP contribution in [-0.4, -0.2) is 43.5 Å². The molecule has 1 aliphatic rings. The second-order valence-corrected chi connectivity index (χ2v) is 5.44. The van der Waals surface area contributed by atoms with Gasteiger partial charge in [0.25, 0.3) is 0 Å². The fourth-order valence-corrected chi connectivity index (χ4v) is 2.86. The molecular weight excluding hydrogens is 238 g/mol. The molecule has 0 saturated carbocycles. The minimum atomic E-state index is 0.233. The lowest BCUT2D eigenvalue weighted by molar-refractivity contribution is 0.0921. The molecule has 104 valence electrons. The van der Waals surface area contributed by atoms with Gasteiger partial charge in [0.15, 0.2) is 5.78 Å². The Labute approximate surface area is 115 Å². The SMILES string of the molecule is Cc1cc(C)c(C(=O)CN2CCCOCC2)c(C)c1. The molecule has 1 saturated heterocycles. The van der Waals surface area contributed by atoms with Gasteiger partial charge in [0.05, 0.1) is 13.2 Å². The normalized spacial score (nSPS) is 17.2. The summed E-state index contributed by atoms with van der Waals surface area (Å²) in [5.41, 5.74) is 4.30. The van der Waals surface area contributed by atoms with E-state index in [1.807, 2.05) is 13.8 Å². The molecule has 3 nitrogen and oxygen atoms in total. The predicted octanol–water partition coefficient (Wildman–Crippen LogP) is 2.52. The summed E-state index contributed by atoms with van der Waals surface area (Å²) in [6, 6.07) is 4.18. The zero-order valence-corrected chi connectivity index (χ0v) is 12.2. The molecule has 0 amide bonds. The second kappa shape index (κ2) is 6.31. The van der Waals surface area contributed by atoms with Gasteiger partial charge in [-0.25, -0.2) is 0 Å². The number of aryl methyl sites for hydroxylation is 3. The molecule has 19 heavy (non-hydrogen) atoms. The van der Waals surface area contributed by atoms with E-state index >= 15 is 0 Å². The molecule has 3 heteroatoms. The molecule has 0 spiro atoms. The van der Waals surface area contributed by atoms with Gasteiger partial charge in [-0.15, -0.1) is 0 Å². The zero-order chi connectivity index (χ0) is 13.8. The van der Waals surface area contributed by atoms with Crippen molar-refractivity contribution in [1.82, 2.24) is 4.90 Å². The Kier molecular flexibility index (Phi) is 4.72. The number of hydrogen-bond donors (Lipinski definition) is 0. The van der Waals surface area contributed by atoms with Crippen molar-refractivity contribution in [3.8, 4) is 0 Å². The molecule has 0 unspecified atom stereocenters. The number of nitrogens with zero attached hydrogens (tertiary/aromatic N) is 1. The number of rotatable bonds is 3. The Hall–Kier alpha value is -1.19. The Bertz CT molecular complexity index is 437. The third-order valence-electron chi connectivity index (χ3n) is 3.64. The molecule has 0 N–H and O–H groups in total. The van der Waals surface area contributed by atoms with Gasteiger partial charge >= 0.3 is 0 Å². The molecule has 0 radical (unpaired) electrons. The predicted molar refractivity (Wildman–Crippen MR) is 76.9 cm³/mol. The first-order chi connectivity index (χ1) is 9.08. The van der Waals surface area contributed by atoms with Crippen LogP contribution < -0.4 is 0 Å². The molecule has 1 fully saturated rings. The van der Waals surface area contributed by atoms with Crippen molar-refractivity contribution in [2.45, 2.75) is 27.2 Å². The summed E-state index contributed by atoms with van der Waals surface area (Å²) in [5.74, 6) is 0.233. The maximum absolute atomic E-state index is 12.5. The maximum Gasteiger partial charge on any atom is 0.177 e. The summed E-state index contributed by atoms with van der Waals surface area (Å²) < 4.78 is 5.42. The minimum Gasteiger partial charge on any atom is -0.380 e. The molecule has 0 bridgehead atoms. The van der Waals surface area contributed by atoms with Crippen LogP contribution in [0.15, 0.2) is 12.1 Å². The fourth-order valence-electron chi connectivity index (χ4n) is 2.86. The van der Waals surface area contributed by atoms with Crippen LogP contribution in [0.1, 0.15) is 33.5 Å². The van der Waals surface area contributed by atoms with E-state index in [0.29, 0.717) is 6.54 Å². The summed E-state index contributed by atoms with van der Waals surface area (Å²) in [4.78, 5) is 14.7. The highest BCUT2D eigenvalue weighted by Crippen LogP contribution is 2.17. The standard InChI is InChI=1S/C16H23NO2/c1-12-9-13(2)16(14(3)10-12)15(18)11-17-5-4-7-19-8-6-17/h9-10H,4-8,11H2,1-3H3. The van der Waals surface area contributed by atoms with Crippen molar-refractivity contribution >= 4 is 5.78 Å². The first-order valence-corrected chi connectivity index (χ1v) is 6.99. The molecule has 1 heterocycles. The lowest BCUT2D eigenvalue weighted by Gasteiger charge is -2.19. The van der Waals surface area contributed by atoms with E-state index in [1.54, 1.807) is 0 Å². The van der Waals surface area contributed by atoms with Crippen LogP contribution in [0, 0.1) is 20.8 Å². The van der Waals surface area contributed by atoms with Gasteiger partial charge in [-0.2, -0.15) is 0 Å². The third-order valence-corrected chi connectivity index (χ3v) is 3.64. The number of ketones is 1. The summed E-state index contributed by atoms with van der Waals surface area (Å²) in [6.07, 6.45) is 1.01. The van der Waals surface area contributed by atoms with E-state index in [1.165, 1.54) is 5.56 Å². The Morgan fingerprint density at radius 2 is 1.84 bits per heavy atom. The molecule has 1 aliphatic heterocycles. The highest BCUT2D eigenvalue weighted by atomic mass is 16.5. The van der Waals surface area contributed by atoms with E-state index < -0.39 is 0 Å². The minimum absolute atomic E-state index is 0.233. The number of ether oxygens (including phenoxy) is 1. The highest BCUT2D eigenvalue weighted by Gasteiger charge is 2.17. The van der Waals surface area contributed by atoms with Crippen molar-refractivity contribution in [1.29, 1.82) is 0 Å². The van der Waals surface area contributed by atoms with Crippen LogP contribution in [0.4, 0.5) is 0 Å². The maximum atomic E-state index is 12.5. The van der Waals surface area contributed by atoms with Crippen molar-refractivity contribution < 1.29 is 9.53 Å². The molecule has 2 rings (SSSR count). The van der Waals surface area contributed by atoms with E-state index in [-0.39, 0.29) is 5.78 Å². The number of carbonyl (C=O) groups excluding carboxylic acids is 1. The zero-order valence-electron chi connectivity index (χ0n) is 12.2. The van der Waals surface area contributed by atoms with Gasteiger partial charge < -0.3 is 4.74 Å². The van der Waals surface area contributed by atoms with Crippen molar-refractivity contribution in [2.75, 3.05) is 32.8 Å². The summed E-state index contributed by atoms with van der Waals surface area (Å²) in [6.45, 7) is 9.99. The fraction of sp³-hybridized carbons (Fsp3) is 0.562. The van der Waals surface area contributed by atoms with Crippen LogP contribution in [0.25, 0.3) is 0 Å². The van der Waals surface area contributed by atoms with Crippen LogP contribution in [0.3, 0.4) is 0 Å². The van der Waals surface area contributed by atoms with E-state index in [4.69, 9.17) is 4.74 Å². The average molecular weight is 261 g/mol. The Morgan fingerprint density at radius 3 is 2.53 bits per heavy atom. The molecule has 1 aromatic rings. The molecule has 0 aliphatic carbocycles. The van der Waals surface area contributed by atoms with Gasteiger partial charge in [-0.05, 0) is 38.3 Å². The first-order valence-electron chi connectivity index (χ1n) is 6.99. The number of Topliss-reactive ketones (excluding diaryl/α,β-unsaturated/α-hetero) is 1. The van der Waals surface area contributed by atoms with Crippen LogP contribution in [0.5, 0.6) is 0 Å². The van der Waals surface area contributed by atoms with Crippen molar-refractivity contribution in [2.24, 2.45) is 0 Å². The quantitative estimate of drug-likeness (QED) is 0.783. The first kappa shape index (κ1) is 14.2. The van der Waals surface area contributed by atoms with E-state index in [2.05, 4.69) is 24.0 Å². The molecule has 0 atom stereocenters. The summed E-state index contributed by atoms with van der Waals surface area (Å²) >= 11 is 0. The molecular formula is C16H23NO2. The van der Waals surface area contributed by atoms with Crippen LogP contribution >= 0.6 is 0 Å². The van der Waals surface area contributed by atoms with Gasteiger partial charge in [0.1, 0.15) is 0 Å². The topological polar surface area (TPSA) is 29.5 Å². The van der Waals surface area contributed by atoms with Gasteiger partial charge in [-0.3, -0.25) is 9.69 Å². The summed E-state index contributed by atoms with van der Waals surface area (Å²) in [7, 11) is 0. The van der Waals surface area contributed by atoms with Gasteiger partial charge in [-0.1, -0.05) is 17.7 Å². The lowest BCUT2D eigenvalue weighted by atomic mass is 9.96. The molecule has 1 aromatic carbocycles. The summed E-state index contributed by atoms with van der Waals surface area (Å²) in [5, 5.41) is 0. The number of hydrogen-bond acceptors (Lipinski definition) is 3. The van der Waals surface area contributed by atoms with Crippen LogP contribution in [0.2, 0.25) is 0 Å². The third kappa shape index (κ3) is 3.64. The average Bonchev–Trinajstić information content (AvgIpc) is 2.56. The van der Waals surface area contributed by atoms with Gasteiger partial charge in [0.2, 0.25) is 0 Å². The Morgan fingerprint density at radius 1 is 1.16 bits per heavy atom. The monoisotopic (exact) mass is 261 g/mol. The van der Waals surface area contributed by atoms with Crippen molar-refractivity contribution in [3.63, 3.8) is 0 Å². The largest absolute Gasteiger partial charge is 0.380 e. The Balaban J connectivity index is 2.11. The smallest absolute Gasteiger partial charge is 0.177 e. The van der Waals surface area contributed by atoms with E-state index in [0.717, 1.165) is 49.4 Å². The van der Waals surface area contributed by atoms with Crippen LogP contribution in [-0.2, 0) is 4.74 Å². The lowest BCUT2D eigenvalue weighted by Crippen LogP contribution is -2.32. The number of carbonyl (C=O) groups is 1.